The highest BCUT2D eigenvalue weighted by atomic mass is 79.9. The van der Waals surface area contributed by atoms with E-state index in [0.29, 0.717) is 5.82 Å². The van der Waals surface area contributed by atoms with Gasteiger partial charge < -0.3 is 15.4 Å². The molecule has 0 unspecified atom stereocenters. The first kappa shape index (κ1) is 12.6. The molecule has 18 heavy (non-hydrogen) atoms. The zero-order chi connectivity index (χ0) is 13.1. The summed E-state index contributed by atoms with van der Waals surface area (Å²) in [6.45, 7) is 0. The fraction of sp³-hybridized carbons (Fsp3) is 0.167. The van der Waals surface area contributed by atoms with Crippen molar-refractivity contribution in [1.29, 1.82) is 0 Å². The number of hydrogen-bond donors (Lipinski definition) is 1. The summed E-state index contributed by atoms with van der Waals surface area (Å²) in [5.41, 5.74) is 6.58. The first-order valence-corrected chi connectivity index (χ1v) is 6.07. The average molecular weight is 309 g/mol. The second-order valence-corrected chi connectivity index (χ2v) is 4.51. The van der Waals surface area contributed by atoms with E-state index in [2.05, 4.69) is 25.9 Å². The Morgan fingerprint density at radius 1 is 1.28 bits per heavy atom. The van der Waals surface area contributed by atoms with Crippen molar-refractivity contribution in [1.82, 2.24) is 9.97 Å². The van der Waals surface area contributed by atoms with Gasteiger partial charge in [0.15, 0.2) is 5.82 Å². The van der Waals surface area contributed by atoms with Crippen molar-refractivity contribution in [3.05, 3.63) is 34.9 Å². The van der Waals surface area contributed by atoms with Crippen LogP contribution in [0.2, 0.25) is 0 Å². The molecule has 6 heteroatoms. The molecule has 0 saturated carbocycles. The van der Waals surface area contributed by atoms with Gasteiger partial charge in [-0.25, -0.2) is 4.98 Å². The van der Waals surface area contributed by atoms with Crippen LogP contribution in [0.5, 0.6) is 5.75 Å². The van der Waals surface area contributed by atoms with Gasteiger partial charge in [-0.05, 0) is 40.2 Å². The predicted molar refractivity (Wildman–Crippen MR) is 75.2 cm³/mol. The van der Waals surface area contributed by atoms with Crippen LogP contribution in [0.15, 0.2) is 34.9 Å². The zero-order valence-electron chi connectivity index (χ0n) is 10.1. The Balaban J connectivity index is 2.34. The number of methoxy groups -OCH3 is 1. The van der Waals surface area contributed by atoms with Crippen molar-refractivity contribution in [2.45, 2.75) is 0 Å². The molecule has 5 nitrogen and oxygen atoms in total. The molecule has 1 aromatic carbocycles. The van der Waals surface area contributed by atoms with Gasteiger partial charge in [-0.15, -0.1) is 0 Å². The van der Waals surface area contributed by atoms with Gasteiger partial charge >= 0.3 is 0 Å². The molecule has 0 atom stereocenters. The Kier molecular flexibility index (Phi) is 3.66. The number of benzene rings is 1. The SMILES string of the molecule is COc1ccc(N(C)c2nc(N)ncc2Br)cc1. The van der Waals surface area contributed by atoms with E-state index in [9.17, 15) is 0 Å². The average Bonchev–Trinajstić information content (AvgIpc) is 2.41. The van der Waals surface area contributed by atoms with Crippen LogP contribution in [0, 0.1) is 0 Å². The van der Waals surface area contributed by atoms with E-state index in [-0.39, 0.29) is 5.95 Å². The molecular formula is C12H13BrN4O. The third-order valence-corrected chi connectivity index (χ3v) is 3.08. The largest absolute Gasteiger partial charge is 0.497 e. The quantitative estimate of drug-likeness (QED) is 0.944. The van der Waals surface area contributed by atoms with Crippen molar-refractivity contribution in [2.75, 3.05) is 24.8 Å². The Hall–Kier alpha value is -1.82. The molecule has 0 saturated heterocycles. The van der Waals surface area contributed by atoms with Crippen molar-refractivity contribution < 1.29 is 4.74 Å². The number of nitrogen functional groups attached to an aromatic ring is 1. The van der Waals surface area contributed by atoms with Crippen LogP contribution in [0.4, 0.5) is 17.5 Å². The minimum Gasteiger partial charge on any atom is -0.497 e. The molecule has 0 bridgehead atoms. The maximum Gasteiger partial charge on any atom is 0.222 e. The lowest BCUT2D eigenvalue weighted by molar-refractivity contribution is 0.415. The molecule has 2 rings (SSSR count). The summed E-state index contributed by atoms with van der Waals surface area (Å²) in [5.74, 6) is 1.77. The van der Waals surface area contributed by atoms with E-state index >= 15 is 0 Å². The second kappa shape index (κ2) is 5.22. The summed E-state index contributed by atoms with van der Waals surface area (Å²) < 4.78 is 5.91. The summed E-state index contributed by atoms with van der Waals surface area (Å²) in [4.78, 5) is 10.0. The summed E-state index contributed by atoms with van der Waals surface area (Å²) in [7, 11) is 3.55. The Morgan fingerprint density at radius 2 is 1.94 bits per heavy atom. The highest BCUT2D eigenvalue weighted by Crippen LogP contribution is 2.29. The van der Waals surface area contributed by atoms with Gasteiger partial charge in [-0.3, -0.25) is 0 Å². The lowest BCUT2D eigenvalue weighted by Crippen LogP contribution is -2.13. The van der Waals surface area contributed by atoms with Crippen LogP contribution >= 0.6 is 15.9 Å². The van der Waals surface area contributed by atoms with Gasteiger partial charge in [0, 0.05) is 18.9 Å². The van der Waals surface area contributed by atoms with E-state index in [1.807, 2.05) is 36.2 Å². The van der Waals surface area contributed by atoms with Gasteiger partial charge in [0.2, 0.25) is 5.95 Å². The Bertz CT molecular complexity index is 544. The Morgan fingerprint density at radius 3 is 2.56 bits per heavy atom. The van der Waals surface area contributed by atoms with Crippen LogP contribution in [0.3, 0.4) is 0 Å². The molecule has 2 N–H and O–H groups in total. The second-order valence-electron chi connectivity index (χ2n) is 3.66. The molecule has 0 radical (unpaired) electrons. The van der Waals surface area contributed by atoms with Crippen LogP contribution in [-0.2, 0) is 0 Å². The van der Waals surface area contributed by atoms with Crippen molar-refractivity contribution in [3.8, 4) is 5.75 Å². The summed E-state index contributed by atoms with van der Waals surface area (Å²) >= 11 is 3.41. The molecule has 2 aromatic rings. The normalized spacial score (nSPS) is 10.2. The first-order valence-electron chi connectivity index (χ1n) is 5.27. The lowest BCUT2D eigenvalue weighted by atomic mass is 10.3. The number of nitrogens with two attached hydrogens (primary N) is 1. The van der Waals surface area contributed by atoms with Crippen LogP contribution in [-0.4, -0.2) is 24.1 Å². The molecule has 0 aliphatic rings. The monoisotopic (exact) mass is 308 g/mol. The number of nitrogens with zero attached hydrogens (tertiary/aromatic N) is 3. The molecule has 0 spiro atoms. The van der Waals surface area contributed by atoms with Gasteiger partial charge in [0.1, 0.15) is 5.75 Å². The Labute approximate surface area is 114 Å². The highest BCUT2D eigenvalue weighted by Gasteiger charge is 2.10. The highest BCUT2D eigenvalue weighted by molar-refractivity contribution is 9.10. The number of halogens is 1. The molecule has 0 fully saturated rings. The molecule has 1 aromatic heterocycles. The van der Waals surface area contributed by atoms with Gasteiger partial charge in [0.05, 0.1) is 11.6 Å². The minimum absolute atomic E-state index is 0.244. The van der Waals surface area contributed by atoms with E-state index in [1.54, 1.807) is 13.3 Å². The fourth-order valence-electron chi connectivity index (χ4n) is 1.53. The lowest BCUT2D eigenvalue weighted by Gasteiger charge is -2.19. The van der Waals surface area contributed by atoms with E-state index in [0.717, 1.165) is 15.9 Å². The molecule has 94 valence electrons. The maximum atomic E-state index is 5.60. The standard InChI is InChI=1S/C12H13BrN4O/c1-17(8-3-5-9(18-2)6-4-8)11-10(13)7-15-12(14)16-11/h3-7H,1-2H3,(H2,14,15,16). The number of ether oxygens (including phenoxy) is 1. The molecule has 1 heterocycles. The number of rotatable bonds is 3. The van der Waals surface area contributed by atoms with E-state index in [1.165, 1.54) is 0 Å². The zero-order valence-corrected chi connectivity index (χ0v) is 11.7. The predicted octanol–water partition coefficient (Wildman–Crippen LogP) is 2.60. The van der Waals surface area contributed by atoms with Gasteiger partial charge in [-0.1, -0.05) is 0 Å². The first-order chi connectivity index (χ1) is 8.61. The summed E-state index contributed by atoms with van der Waals surface area (Å²) in [6.07, 6.45) is 1.64. The molecule has 0 aliphatic carbocycles. The summed E-state index contributed by atoms with van der Waals surface area (Å²) in [6, 6.07) is 7.68. The van der Waals surface area contributed by atoms with E-state index in [4.69, 9.17) is 10.5 Å². The van der Waals surface area contributed by atoms with Crippen LogP contribution < -0.4 is 15.4 Å². The molecule has 0 aliphatic heterocycles. The number of hydrogen-bond acceptors (Lipinski definition) is 5. The van der Waals surface area contributed by atoms with Crippen LogP contribution in [0.1, 0.15) is 0 Å². The maximum absolute atomic E-state index is 5.60. The molecular weight excluding hydrogens is 296 g/mol. The van der Waals surface area contributed by atoms with Crippen molar-refractivity contribution in [2.24, 2.45) is 0 Å². The van der Waals surface area contributed by atoms with Gasteiger partial charge in [0.25, 0.3) is 0 Å². The molecule has 0 amide bonds. The van der Waals surface area contributed by atoms with E-state index < -0.39 is 0 Å². The smallest absolute Gasteiger partial charge is 0.222 e. The minimum atomic E-state index is 0.244. The van der Waals surface area contributed by atoms with Crippen molar-refractivity contribution in [3.63, 3.8) is 0 Å². The summed E-state index contributed by atoms with van der Waals surface area (Å²) in [5, 5.41) is 0. The number of anilines is 3. The topological polar surface area (TPSA) is 64.3 Å². The van der Waals surface area contributed by atoms with Crippen LogP contribution in [0.25, 0.3) is 0 Å². The van der Waals surface area contributed by atoms with Gasteiger partial charge in [-0.2, -0.15) is 4.98 Å². The van der Waals surface area contributed by atoms with Crippen molar-refractivity contribution >= 4 is 33.4 Å². The third kappa shape index (κ3) is 2.53. The third-order valence-electron chi connectivity index (χ3n) is 2.52. The number of aromatic nitrogens is 2. The fourth-order valence-corrected chi connectivity index (χ4v) is 1.99.